The lowest BCUT2D eigenvalue weighted by Gasteiger charge is -2.11. The number of nitrogens with one attached hydrogen (secondary N) is 2. The van der Waals surface area contributed by atoms with E-state index in [1.165, 1.54) is 16.9 Å². The van der Waals surface area contributed by atoms with E-state index in [1.54, 1.807) is 11.3 Å². The summed E-state index contributed by atoms with van der Waals surface area (Å²) in [6.45, 7) is 4.88. The molecule has 0 aliphatic heterocycles. The molecule has 0 spiro atoms. The highest BCUT2D eigenvalue weighted by Crippen LogP contribution is 2.40. The first-order valence-electron chi connectivity index (χ1n) is 7.62. The Morgan fingerprint density at radius 1 is 1.32 bits per heavy atom. The van der Waals surface area contributed by atoms with Crippen LogP contribution in [0.4, 0.5) is 0 Å². The molecule has 1 fully saturated rings. The molecule has 2 atom stereocenters. The molecule has 0 bridgehead atoms. The highest BCUT2D eigenvalue weighted by Gasteiger charge is 2.38. The smallest absolute Gasteiger partial charge is 0.191 e. The van der Waals surface area contributed by atoms with Gasteiger partial charge in [-0.25, -0.2) is 4.98 Å². The van der Waals surface area contributed by atoms with Crippen LogP contribution in [-0.2, 0) is 6.54 Å². The maximum atomic E-state index is 4.46. The number of rotatable bonds is 4. The van der Waals surface area contributed by atoms with Crippen LogP contribution in [-0.4, -0.2) is 24.0 Å². The van der Waals surface area contributed by atoms with Crippen molar-refractivity contribution < 1.29 is 0 Å². The molecule has 1 saturated carbocycles. The molecule has 0 radical (unpaired) electrons. The normalized spacial score (nSPS) is 20.8. The molecule has 1 aliphatic carbocycles. The molecule has 1 heterocycles. The number of hydrogen-bond donors (Lipinski definition) is 2. The van der Waals surface area contributed by atoms with Crippen molar-refractivity contribution in [3.8, 4) is 0 Å². The first-order valence-corrected chi connectivity index (χ1v) is 8.44. The number of aryl methyl sites for hydroxylation is 2. The van der Waals surface area contributed by atoms with E-state index in [2.05, 4.69) is 57.9 Å². The monoisotopic (exact) mass is 314 g/mol. The van der Waals surface area contributed by atoms with Gasteiger partial charge in [-0.2, -0.15) is 0 Å². The van der Waals surface area contributed by atoms with Gasteiger partial charge in [0.05, 0.1) is 17.2 Å². The van der Waals surface area contributed by atoms with Crippen molar-refractivity contribution in [2.24, 2.45) is 4.99 Å². The summed E-state index contributed by atoms with van der Waals surface area (Å²) in [6.07, 6.45) is 1.17. The van der Waals surface area contributed by atoms with Crippen LogP contribution in [0.3, 0.4) is 0 Å². The summed E-state index contributed by atoms with van der Waals surface area (Å²) >= 11 is 1.74. The van der Waals surface area contributed by atoms with Crippen LogP contribution in [0.25, 0.3) is 0 Å². The fourth-order valence-electron chi connectivity index (χ4n) is 2.69. The molecule has 2 unspecified atom stereocenters. The summed E-state index contributed by atoms with van der Waals surface area (Å²) in [5.41, 5.74) is 2.52. The number of hydrogen-bond acceptors (Lipinski definition) is 3. The Morgan fingerprint density at radius 3 is 2.73 bits per heavy atom. The summed E-state index contributed by atoms with van der Waals surface area (Å²) in [6, 6.07) is 11.2. The minimum Gasteiger partial charge on any atom is -0.353 e. The van der Waals surface area contributed by atoms with Gasteiger partial charge in [-0.3, -0.25) is 4.99 Å². The van der Waals surface area contributed by atoms with Gasteiger partial charge in [0.1, 0.15) is 0 Å². The fourth-order valence-corrected chi connectivity index (χ4v) is 3.57. The van der Waals surface area contributed by atoms with Gasteiger partial charge in [0, 0.05) is 23.9 Å². The summed E-state index contributed by atoms with van der Waals surface area (Å²) in [7, 11) is 1.82. The second-order valence-corrected chi connectivity index (χ2v) is 6.96. The van der Waals surface area contributed by atoms with Crippen molar-refractivity contribution in [3.05, 3.63) is 51.5 Å². The first-order chi connectivity index (χ1) is 10.7. The largest absolute Gasteiger partial charge is 0.353 e. The van der Waals surface area contributed by atoms with Crippen molar-refractivity contribution in [2.75, 3.05) is 7.05 Å². The van der Waals surface area contributed by atoms with E-state index < -0.39 is 0 Å². The Bertz CT molecular complexity index is 663. The third kappa shape index (κ3) is 3.47. The highest BCUT2D eigenvalue weighted by atomic mass is 32.1. The molecule has 2 aromatic rings. The summed E-state index contributed by atoms with van der Waals surface area (Å²) < 4.78 is 0. The van der Waals surface area contributed by atoms with Crippen LogP contribution in [0.2, 0.25) is 0 Å². The summed E-state index contributed by atoms with van der Waals surface area (Å²) in [5, 5.41) is 8.02. The van der Waals surface area contributed by atoms with Crippen molar-refractivity contribution in [2.45, 2.75) is 38.8 Å². The number of thiazole rings is 1. The second-order valence-electron chi connectivity index (χ2n) is 5.67. The summed E-state index contributed by atoms with van der Waals surface area (Å²) in [4.78, 5) is 10.1. The fraction of sp³-hybridized carbons (Fsp3) is 0.412. The lowest BCUT2D eigenvalue weighted by Crippen LogP contribution is -2.38. The molecule has 4 nitrogen and oxygen atoms in total. The van der Waals surface area contributed by atoms with Crippen molar-refractivity contribution in [1.82, 2.24) is 15.6 Å². The molecule has 22 heavy (non-hydrogen) atoms. The van der Waals surface area contributed by atoms with Crippen LogP contribution in [0.5, 0.6) is 0 Å². The quantitative estimate of drug-likeness (QED) is 0.674. The van der Waals surface area contributed by atoms with Crippen LogP contribution in [0, 0.1) is 13.8 Å². The SMILES string of the molecule is CN=C(NCc1sc(C)nc1C)NC1CC1c1ccccc1. The second kappa shape index (κ2) is 6.48. The molecule has 116 valence electrons. The number of guanidine groups is 1. The van der Waals surface area contributed by atoms with E-state index in [0.29, 0.717) is 12.0 Å². The molecule has 5 heteroatoms. The van der Waals surface area contributed by atoms with Crippen LogP contribution in [0.15, 0.2) is 35.3 Å². The highest BCUT2D eigenvalue weighted by molar-refractivity contribution is 7.11. The minimum atomic E-state index is 0.484. The zero-order valence-electron chi connectivity index (χ0n) is 13.3. The van der Waals surface area contributed by atoms with E-state index in [9.17, 15) is 0 Å². The molecule has 1 aromatic heterocycles. The number of aromatic nitrogens is 1. The molecule has 3 rings (SSSR count). The predicted octanol–water partition coefficient (Wildman–Crippen LogP) is 2.98. The first kappa shape index (κ1) is 15.0. The molecule has 1 aromatic carbocycles. The molecule has 0 amide bonds. The number of aliphatic imine (C=N–C) groups is 1. The van der Waals surface area contributed by atoms with Gasteiger partial charge >= 0.3 is 0 Å². The Kier molecular flexibility index (Phi) is 4.43. The Morgan fingerprint density at radius 2 is 2.09 bits per heavy atom. The molecule has 1 aliphatic rings. The maximum absolute atomic E-state index is 4.46. The minimum absolute atomic E-state index is 0.484. The third-order valence-electron chi connectivity index (χ3n) is 3.98. The van der Waals surface area contributed by atoms with Crippen LogP contribution < -0.4 is 10.6 Å². The maximum Gasteiger partial charge on any atom is 0.191 e. The molecule has 2 N–H and O–H groups in total. The Hall–Kier alpha value is -1.88. The van der Waals surface area contributed by atoms with E-state index >= 15 is 0 Å². The molecular weight excluding hydrogens is 292 g/mol. The average Bonchev–Trinajstić information content (AvgIpc) is 3.22. The third-order valence-corrected chi connectivity index (χ3v) is 5.05. The van der Waals surface area contributed by atoms with Crippen LogP contribution >= 0.6 is 11.3 Å². The lowest BCUT2D eigenvalue weighted by molar-refractivity contribution is 0.792. The van der Waals surface area contributed by atoms with Gasteiger partial charge in [0.15, 0.2) is 5.96 Å². The Labute approximate surface area is 135 Å². The molecular formula is C17H22N4S. The topological polar surface area (TPSA) is 49.3 Å². The van der Waals surface area contributed by atoms with Crippen molar-refractivity contribution in [3.63, 3.8) is 0 Å². The van der Waals surface area contributed by atoms with Gasteiger partial charge in [-0.15, -0.1) is 11.3 Å². The number of nitrogens with zero attached hydrogens (tertiary/aromatic N) is 2. The zero-order valence-corrected chi connectivity index (χ0v) is 14.1. The van der Waals surface area contributed by atoms with Crippen molar-refractivity contribution in [1.29, 1.82) is 0 Å². The summed E-state index contributed by atoms with van der Waals surface area (Å²) in [5.74, 6) is 1.47. The van der Waals surface area contributed by atoms with Gasteiger partial charge in [-0.05, 0) is 25.8 Å². The zero-order chi connectivity index (χ0) is 15.5. The standard InChI is InChI=1S/C17H22N4S/c1-11-16(22-12(2)20-11)10-19-17(18-3)21-15-9-14(15)13-7-5-4-6-8-13/h4-8,14-15H,9-10H2,1-3H3,(H2,18,19,21). The van der Waals surface area contributed by atoms with Gasteiger partial charge in [0.2, 0.25) is 0 Å². The predicted molar refractivity (Wildman–Crippen MR) is 92.5 cm³/mol. The lowest BCUT2D eigenvalue weighted by atomic mass is 10.1. The van der Waals surface area contributed by atoms with Crippen LogP contribution in [0.1, 0.15) is 33.5 Å². The number of benzene rings is 1. The molecule has 0 saturated heterocycles. The Balaban J connectivity index is 1.53. The van der Waals surface area contributed by atoms with Gasteiger partial charge in [-0.1, -0.05) is 30.3 Å². The average molecular weight is 314 g/mol. The van der Waals surface area contributed by atoms with Gasteiger partial charge in [0.25, 0.3) is 0 Å². The van der Waals surface area contributed by atoms with Gasteiger partial charge < -0.3 is 10.6 Å². The van der Waals surface area contributed by atoms with Crippen molar-refractivity contribution >= 4 is 17.3 Å². The van der Waals surface area contributed by atoms with E-state index in [4.69, 9.17) is 0 Å². The van der Waals surface area contributed by atoms with E-state index in [1.807, 2.05) is 14.0 Å². The van der Waals surface area contributed by atoms with E-state index in [-0.39, 0.29) is 0 Å². The van der Waals surface area contributed by atoms with E-state index in [0.717, 1.165) is 23.2 Å².